The van der Waals surface area contributed by atoms with E-state index in [1.165, 1.54) is 10.6 Å². The zero-order valence-corrected chi connectivity index (χ0v) is 10.1. The predicted molar refractivity (Wildman–Crippen MR) is 64.2 cm³/mol. The lowest BCUT2D eigenvalue weighted by Gasteiger charge is -2.23. The molecule has 1 aromatic heterocycles. The SMILES string of the molecule is CCCc1cc(=O)n(C2CCCCO2)c(=O)[nH]1. The predicted octanol–water partition coefficient (Wildman–Crippen LogP) is 1.19. The Morgan fingerprint density at radius 1 is 1.47 bits per heavy atom. The lowest BCUT2D eigenvalue weighted by molar-refractivity contribution is -0.0368. The van der Waals surface area contributed by atoms with Gasteiger partial charge < -0.3 is 9.72 Å². The number of nitrogens with zero attached hydrogens (tertiary/aromatic N) is 1. The zero-order valence-electron chi connectivity index (χ0n) is 10.1. The number of rotatable bonds is 3. The van der Waals surface area contributed by atoms with Crippen LogP contribution in [0.25, 0.3) is 0 Å². The topological polar surface area (TPSA) is 64.1 Å². The van der Waals surface area contributed by atoms with Crippen LogP contribution >= 0.6 is 0 Å². The molecule has 0 aromatic carbocycles. The molecule has 0 radical (unpaired) electrons. The molecule has 0 bridgehead atoms. The van der Waals surface area contributed by atoms with E-state index in [-0.39, 0.29) is 11.2 Å². The second-order valence-corrected chi connectivity index (χ2v) is 4.38. The molecule has 0 saturated carbocycles. The van der Waals surface area contributed by atoms with Gasteiger partial charge in [0, 0.05) is 18.4 Å². The minimum absolute atomic E-state index is 0.260. The van der Waals surface area contributed by atoms with Gasteiger partial charge in [-0.3, -0.25) is 4.79 Å². The number of aryl methyl sites for hydroxylation is 1. The van der Waals surface area contributed by atoms with Crippen LogP contribution in [0, 0.1) is 0 Å². The first-order valence-electron chi connectivity index (χ1n) is 6.18. The first kappa shape index (κ1) is 12.1. The maximum Gasteiger partial charge on any atom is 0.330 e. The lowest BCUT2D eigenvalue weighted by atomic mass is 10.2. The van der Waals surface area contributed by atoms with Gasteiger partial charge in [-0.15, -0.1) is 0 Å². The summed E-state index contributed by atoms with van der Waals surface area (Å²) in [6.45, 7) is 2.63. The molecule has 0 amide bonds. The van der Waals surface area contributed by atoms with E-state index in [4.69, 9.17) is 4.74 Å². The third kappa shape index (κ3) is 2.66. The Balaban J connectivity index is 2.34. The van der Waals surface area contributed by atoms with Gasteiger partial charge >= 0.3 is 5.69 Å². The quantitative estimate of drug-likeness (QED) is 0.860. The molecule has 1 N–H and O–H groups in total. The van der Waals surface area contributed by atoms with Crippen LogP contribution in [0.2, 0.25) is 0 Å². The summed E-state index contributed by atoms with van der Waals surface area (Å²) in [6.07, 6.45) is 3.95. The average Bonchev–Trinajstić information content (AvgIpc) is 2.30. The Hall–Kier alpha value is -1.36. The number of aromatic nitrogens is 2. The molecule has 1 saturated heterocycles. The van der Waals surface area contributed by atoms with Gasteiger partial charge in [0.05, 0.1) is 0 Å². The van der Waals surface area contributed by atoms with Crippen LogP contribution < -0.4 is 11.2 Å². The molecule has 0 aliphatic carbocycles. The van der Waals surface area contributed by atoms with Gasteiger partial charge in [-0.2, -0.15) is 0 Å². The van der Waals surface area contributed by atoms with Crippen LogP contribution in [0.3, 0.4) is 0 Å². The van der Waals surface area contributed by atoms with Gasteiger partial charge in [-0.1, -0.05) is 13.3 Å². The molecule has 1 aliphatic rings. The standard InChI is InChI=1S/C12H18N2O3/c1-2-5-9-8-10(15)14(12(16)13-9)11-6-3-4-7-17-11/h8,11H,2-7H2,1H3,(H,13,16). The van der Waals surface area contributed by atoms with Crippen molar-refractivity contribution in [1.82, 2.24) is 9.55 Å². The van der Waals surface area contributed by atoms with E-state index in [0.717, 1.165) is 32.1 Å². The molecule has 94 valence electrons. The van der Waals surface area contributed by atoms with Gasteiger partial charge in [-0.25, -0.2) is 9.36 Å². The highest BCUT2D eigenvalue weighted by Crippen LogP contribution is 2.19. The van der Waals surface area contributed by atoms with Crippen molar-refractivity contribution in [3.63, 3.8) is 0 Å². The van der Waals surface area contributed by atoms with Crippen LogP contribution in [0.1, 0.15) is 44.5 Å². The number of hydrogen-bond donors (Lipinski definition) is 1. The summed E-state index contributed by atoms with van der Waals surface area (Å²) in [5.41, 5.74) is 0.0894. The van der Waals surface area contributed by atoms with Crippen molar-refractivity contribution in [2.24, 2.45) is 0 Å². The van der Waals surface area contributed by atoms with Crippen molar-refractivity contribution in [3.8, 4) is 0 Å². The second-order valence-electron chi connectivity index (χ2n) is 4.38. The Labute approximate surface area is 99.4 Å². The van der Waals surface area contributed by atoms with Gasteiger partial charge in [0.1, 0.15) is 6.23 Å². The molecular weight excluding hydrogens is 220 g/mol. The van der Waals surface area contributed by atoms with Gasteiger partial charge in [-0.05, 0) is 25.7 Å². The van der Waals surface area contributed by atoms with Gasteiger partial charge in [0.15, 0.2) is 0 Å². The number of hydrogen-bond acceptors (Lipinski definition) is 3. The lowest BCUT2D eigenvalue weighted by Crippen LogP contribution is -2.40. The van der Waals surface area contributed by atoms with E-state index < -0.39 is 6.23 Å². The first-order chi connectivity index (χ1) is 8.22. The molecule has 5 heteroatoms. The van der Waals surface area contributed by atoms with E-state index in [0.29, 0.717) is 12.3 Å². The van der Waals surface area contributed by atoms with E-state index in [1.807, 2.05) is 6.92 Å². The van der Waals surface area contributed by atoms with E-state index in [1.54, 1.807) is 0 Å². The highest BCUT2D eigenvalue weighted by Gasteiger charge is 2.19. The van der Waals surface area contributed by atoms with Crippen molar-refractivity contribution in [2.75, 3.05) is 6.61 Å². The monoisotopic (exact) mass is 238 g/mol. The molecule has 1 unspecified atom stereocenters. The Bertz CT molecular complexity index is 452. The number of nitrogens with one attached hydrogen (secondary N) is 1. The number of ether oxygens (including phenoxy) is 1. The molecular formula is C12H18N2O3. The normalized spacial score (nSPS) is 20.4. The van der Waals surface area contributed by atoms with Crippen LogP contribution in [0.5, 0.6) is 0 Å². The summed E-state index contributed by atoms with van der Waals surface area (Å²) in [5, 5.41) is 0. The second kappa shape index (κ2) is 5.31. The molecule has 1 aliphatic heterocycles. The Morgan fingerprint density at radius 3 is 2.88 bits per heavy atom. The Morgan fingerprint density at radius 2 is 2.29 bits per heavy atom. The summed E-state index contributed by atoms with van der Waals surface area (Å²) >= 11 is 0. The van der Waals surface area contributed by atoms with Gasteiger partial charge in [0.2, 0.25) is 0 Å². The molecule has 1 atom stereocenters. The summed E-state index contributed by atoms with van der Waals surface area (Å²) in [5.74, 6) is 0. The maximum absolute atomic E-state index is 11.9. The molecule has 5 nitrogen and oxygen atoms in total. The van der Waals surface area contributed by atoms with Crippen LogP contribution in [-0.4, -0.2) is 16.2 Å². The summed E-state index contributed by atoms with van der Waals surface area (Å²) in [4.78, 5) is 26.5. The first-order valence-corrected chi connectivity index (χ1v) is 6.18. The maximum atomic E-state index is 11.9. The van der Waals surface area contributed by atoms with Crippen LogP contribution in [0.4, 0.5) is 0 Å². The smallest absolute Gasteiger partial charge is 0.330 e. The number of aromatic amines is 1. The molecule has 17 heavy (non-hydrogen) atoms. The summed E-state index contributed by atoms with van der Waals surface area (Å²) in [6, 6.07) is 1.50. The van der Waals surface area contributed by atoms with E-state index >= 15 is 0 Å². The molecule has 1 aromatic rings. The van der Waals surface area contributed by atoms with Crippen molar-refractivity contribution < 1.29 is 4.74 Å². The highest BCUT2D eigenvalue weighted by atomic mass is 16.5. The minimum atomic E-state index is -0.393. The number of H-pyrrole nitrogens is 1. The third-order valence-corrected chi connectivity index (χ3v) is 2.98. The van der Waals surface area contributed by atoms with Crippen molar-refractivity contribution in [2.45, 2.75) is 45.3 Å². The fourth-order valence-corrected chi connectivity index (χ4v) is 2.16. The van der Waals surface area contributed by atoms with Crippen molar-refractivity contribution >= 4 is 0 Å². The summed E-state index contributed by atoms with van der Waals surface area (Å²) in [7, 11) is 0. The van der Waals surface area contributed by atoms with Crippen molar-refractivity contribution in [1.29, 1.82) is 0 Å². The molecule has 1 fully saturated rings. The van der Waals surface area contributed by atoms with Crippen LogP contribution in [-0.2, 0) is 11.2 Å². The zero-order chi connectivity index (χ0) is 12.3. The fourth-order valence-electron chi connectivity index (χ4n) is 2.16. The molecule has 2 heterocycles. The molecule has 2 rings (SSSR count). The minimum Gasteiger partial charge on any atom is -0.358 e. The highest BCUT2D eigenvalue weighted by molar-refractivity contribution is 5.00. The largest absolute Gasteiger partial charge is 0.358 e. The Kier molecular flexibility index (Phi) is 3.78. The third-order valence-electron chi connectivity index (χ3n) is 2.98. The van der Waals surface area contributed by atoms with Crippen LogP contribution in [0.15, 0.2) is 15.7 Å². The van der Waals surface area contributed by atoms with E-state index in [2.05, 4.69) is 4.98 Å². The summed E-state index contributed by atoms with van der Waals surface area (Å²) < 4.78 is 6.66. The fraction of sp³-hybridized carbons (Fsp3) is 0.667. The van der Waals surface area contributed by atoms with E-state index in [9.17, 15) is 9.59 Å². The van der Waals surface area contributed by atoms with Gasteiger partial charge in [0.25, 0.3) is 5.56 Å². The van der Waals surface area contributed by atoms with Crippen molar-refractivity contribution in [3.05, 3.63) is 32.6 Å². The molecule has 0 spiro atoms. The average molecular weight is 238 g/mol.